The Morgan fingerprint density at radius 1 is 0.508 bits per heavy atom. The molecule has 2 aromatic heterocycles. The Balaban J connectivity index is 1.14. The van der Waals surface area contributed by atoms with Crippen molar-refractivity contribution in [2.45, 2.75) is 26.2 Å². The van der Waals surface area contributed by atoms with Crippen LogP contribution in [-0.2, 0) is 5.41 Å². The zero-order chi connectivity index (χ0) is 43.2. The Morgan fingerprint density at radius 3 is 1.71 bits per heavy atom. The molecule has 0 atom stereocenters. The molecule has 0 spiro atoms. The molecule has 0 N–H and O–H groups in total. The van der Waals surface area contributed by atoms with Gasteiger partial charge in [-0.2, -0.15) is 5.26 Å². The van der Waals surface area contributed by atoms with Gasteiger partial charge in [0.15, 0.2) is 5.69 Å². The lowest BCUT2D eigenvalue weighted by atomic mass is 9.34. The summed E-state index contributed by atoms with van der Waals surface area (Å²) in [6.07, 6.45) is 0. The number of hydrogen-bond acceptors (Lipinski definition) is 1. The van der Waals surface area contributed by atoms with Crippen LogP contribution in [0.3, 0.4) is 0 Å². The molecular weight excluding hydrogens is 787 g/mol. The Morgan fingerprint density at radius 2 is 1.08 bits per heavy atom. The van der Waals surface area contributed by atoms with Crippen LogP contribution < -0.4 is 16.4 Å². The van der Waals surface area contributed by atoms with E-state index in [0.717, 1.165) is 38.7 Å². The van der Waals surface area contributed by atoms with Gasteiger partial charge in [-0.3, -0.25) is 0 Å². The van der Waals surface area contributed by atoms with Crippen molar-refractivity contribution in [1.29, 1.82) is 5.26 Å². The summed E-state index contributed by atoms with van der Waals surface area (Å²) in [7, 11) is 0. The Labute approximate surface area is 374 Å². The highest BCUT2D eigenvalue weighted by molar-refractivity contribution is 7.00. The molecule has 0 saturated carbocycles. The van der Waals surface area contributed by atoms with Gasteiger partial charge < -0.3 is 9.13 Å². The number of nitrogens with zero attached hydrogens (tertiary/aromatic N) is 4. The summed E-state index contributed by atoms with van der Waals surface area (Å²) >= 11 is 0. The molecule has 0 aliphatic carbocycles. The van der Waals surface area contributed by atoms with Crippen LogP contribution in [0.15, 0.2) is 158 Å². The van der Waals surface area contributed by atoms with Gasteiger partial charge in [0.25, 0.3) is 6.71 Å². The van der Waals surface area contributed by atoms with E-state index in [-0.39, 0.29) is 12.1 Å². The van der Waals surface area contributed by atoms with Gasteiger partial charge in [0.05, 0.1) is 34.8 Å². The lowest BCUT2D eigenvalue weighted by molar-refractivity contribution is 0.596. The second kappa shape index (κ2) is 11.8. The standard InChI is InChI=1S/C60H35BN4/c1-60(2,3)46-20-17-33-14-15-36-24-38(25-37-16-19-43(46)54(33)53(36)37)39-28-51-57-52(29-39)65-50-22-18-40(63-4)30-45(50)56-42-12-8-6-10-35(42)27-48(59(56)65)61(57)47-26-34-9-5-7-11-41(34)55-44-23-32(31-62)13-21-49(44)64(51)58(47)55/h5-30H,1-3H3. The molecule has 0 unspecified atom stereocenters. The Hall–Kier alpha value is -8.38. The molecule has 298 valence electrons. The normalized spacial score (nSPS) is 13.1. The average molecular weight is 823 g/mol. The van der Waals surface area contributed by atoms with Gasteiger partial charge in [0, 0.05) is 33.1 Å². The zero-order valence-corrected chi connectivity index (χ0v) is 35.9. The van der Waals surface area contributed by atoms with Crippen LogP contribution in [0.5, 0.6) is 0 Å². The fraction of sp³-hybridized carbons (Fsp3) is 0.0667. The summed E-state index contributed by atoms with van der Waals surface area (Å²) < 4.78 is 5.03. The predicted molar refractivity (Wildman–Crippen MR) is 274 cm³/mol. The van der Waals surface area contributed by atoms with Crippen LogP contribution in [0.4, 0.5) is 5.69 Å². The summed E-state index contributed by atoms with van der Waals surface area (Å²) in [5.41, 5.74) is 15.7. The first-order chi connectivity index (χ1) is 31.8. The van der Waals surface area contributed by atoms with Gasteiger partial charge >= 0.3 is 0 Å². The minimum atomic E-state index is -0.0832. The molecule has 13 aromatic rings. The largest absolute Gasteiger partial charge is 0.310 e. The highest BCUT2D eigenvalue weighted by Gasteiger charge is 2.42. The molecule has 0 fully saturated rings. The first-order valence-electron chi connectivity index (χ1n) is 22.5. The van der Waals surface area contributed by atoms with Crippen molar-refractivity contribution >= 4 is 126 Å². The van der Waals surface area contributed by atoms with E-state index in [4.69, 9.17) is 6.57 Å². The van der Waals surface area contributed by atoms with Crippen LogP contribution >= 0.6 is 0 Å². The SMILES string of the molecule is [C-]#[N+]c1ccc2c(c1)c1c3ccccc3cc3c1n2-c1cc(-c2cc4ccc5ccc(C(C)(C)C)c6ccc(c2)c4c56)cc2c1B3c1cc3ccccc3c3c4cc(C#N)ccc4n-2c13. The van der Waals surface area contributed by atoms with Crippen molar-refractivity contribution < 1.29 is 0 Å². The first kappa shape index (κ1) is 35.1. The molecule has 65 heavy (non-hydrogen) atoms. The fourth-order valence-corrected chi connectivity index (χ4v) is 12.5. The maximum Gasteiger partial charge on any atom is 0.252 e. The van der Waals surface area contributed by atoms with Gasteiger partial charge in [0.1, 0.15) is 0 Å². The predicted octanol–water partition coefficient (Wildman–Crippen LogP) is 13.6. The van der Waals surface area contributed by atoms with E-state index in [9.17, 15) is 5.26 Å². The van der Waals surface area contributed by atoms with Crippen molar-refractivity contribution in [3.05, 3.63) is 180 Å². The number of hydrogen-bond donors (Lipinski definition) is 0. The molecule has 2 aliphatic heterocycles. The van der Waals surface area contributed by atoms with Crippen molar-refractivity contribution in [1.82, 2.24) is 9.13 Å². The zero-order valence-electron chi connectivity index (χ0n) is 35.9. The van der Waals surface area contributed by atoms with Gasteiger partial charge in [-0.1, -0.05) is 124 Å². The summed E-state index contributed by atoms with van der Waals surface area (Å²) in [6.45, 7) is 14.9. The highest BCUT2D eigenvalue weighted by Crippen LogP contribution is 2.46. The highest BCUT2D eigenvalue weighted by atomic mass is 15.0. The maximum atomic E-state index is 10.3. The summed E-state index contributed by atoms with van der Waals surface area (Å²) in [5, 5.41) is 27.3. The minimum Gasteiger partial charge on any atom is -0.310 e. The quantitative estimate of drug-likeness (QED) is 0.0923. The summed E-state index contributed by atoms with van der Waals surface area (Å²) in [5.74, 6) is 0. The number of fused-ring (bicyclic) bond motifs is 14. The van der Waals surface area contributed by atoms with Crippen LogP contribution in [0.25, 0.3) is 125 Å². The minimum absolute atomic E-state index is 0.0154. The second-order valence-corrected chi connectivity index (χ2v) is 19.4. The van der Waals surface area contributed by atoms with Crippen LogP contribution in [-0.4, -0.2) is 15.8 Å². The summed E-state index contributed by atoms with van der Waals surface area (Å²) in [6, 6.07) is 60.9. The molecule has 0 bridgehead atoms. The maximum absolute atomic E-state index is 10.3. The van der Waals surface area contributed by atoms with Crippen molar-refractivity contribution in [2.75, 3.05) is 0 Å². The number of nitriles is 1. The van der Waals surface area contributed by atoms with Crippen LogP contribution in [0.2, 0.25) is 0 Å². The van der Waals surface area contributed by atoms with Gasteiger partial charge in [-0.25, -0.2) is 4.85 Å². The van der Waals surface area contributed by atoms with Gasteiger partial charge in [0.2, 0.25) is 0 Å². The third-order valence-electron chi connectivity index (χ3n) is 15.1. The Bertz CT molecular complexity index is 4270. The molecule has 0 amide bonds. The topological polar surface area (TPSA) is 38.0 Å². The fourth-order valence-electron chi connectivity index (χ4n) is 12.5. The smallest absolute Gasteiger partial charge is 0.252 e. The van der Waals surface area contributed by atoms with E-state index in [2.05, 4.69) is 186 Å². The van der Waals surface area contributed by atoms with Gasteiger partial charge in [-0.15, -0.1) is 0 Å². The van der Waals surface area contributed by atoms with E-state index in [1.54, 1.807) is 0 Å². The summed E-state index contributed by atoms with van der Waals surface area (Å²) in [4.78, 5) is 3.94. The van der Waals surface area contributed by atoms with Gasteiger partial charge in [-0.05, 0) is 152 Å². The molecular formula is C60H35BN4. The number of aromatic nitrogens is 2. The van der Waals surface area contributed by atoms with E-state index in [1.165, 1.54) is 103 Å². The number of benzene rings is 11. The lowest BCUT2D eigenvalue weighted by Crippen LogP contribution is -2.59. The number of rotatable bonds is 1. The van der Waals surface area contributed by atoms with Crippen molar-refractivity contribution in [3.63, 3.8) is 0 Å². The monoisotopic (exact) mass is 822 g/mol. The molecule has 4 heterocycles. The van der Waals surface area contributed by atoms with Crippen molar-refractivity contribution in [2.24, 2.45) is 0 Å². The molecule has 5 heteroatoms. The van der Waals surface area contributed by atoms with E-state index in [0.29, 0.717) is 11.3 Å². The molecule has 11 aromatic carbocycles. The average Bonchev–Trinajstić information content (AvgIpc) is 3.86. The second-order valence-electron chi connectivity index (χ2n) is 19.4. The molecule has 4 nitrogen and oxygen atoms in total. The Kier molecular flexibility index (Phi) is 6.37. The van der Waals surface area contributed by atoms with Crippen LogP contribution in [0, 0.1) is 17.9 Å². The van der Waals surface area contributed by atoms with E-state index >= 15 is 0 Å². The van der Waals surface area contributed by atoms with Crippen LogP contribution in [0.1, 0.15) is 31.9 Å². The van der Waals surface area contributed by atoms with E-state index in [1.807, 2.05) is 12.1 Å². The molecule has 2 aliphatic rings. The lowest BCUT2D eigenvalue weighted by Gasteiger charge is -2.34. The third kappa shape index (κ3) is 4.31. The molecule has 15 rings (SSSR count). The molecule has 0 radical (unpaired) electrons. The first-order valence-corrected chi connectivity index (χ1v) is 22.5. The van der Waals surface area contributed by atoms with Crippen molar-refractivity contribution in [3.8, 4) is 28.6 Å². The third-order valence-corrected chi connectivity index (χ3v) is 15.1. The molecule has 0 saturated heterocycles. The van der Waals surface area contributed by atoms with E-state index < -0.39 is 0 Å².